The number of imide groups is 2. The molecule has 0 saturated heterocycles. The fraction of sp³-hybridized carbons (Fsp3) is 0.500. The molecule has 0 heterocycles. The standard InChI is InChI=1S/C10H14N2O6/c1-6(13)11(4)9(16)5-10(17)12(7(2)14)18-8(3)15/h5H2,1-4H3. The molecule has 100 valence electrons. The highest BCUT2D eigenvalue weighted by molar-refractivity contribution is 6.06. The molecule has 0 N–H and O–H groups in total. The van der Waals surface area contributed by atoms with Gasteiger partial charge in [0, 0.05) is 27.8 Å². The van der Waals surface area contributed by atoms with Crippen molar-refractivity contribution in [1.82, 2.24) is 9.96 Å². The zero-order chi connectivity index (χ0) is 14.5. The molecule has 0 aromatic rings. The Balaban J connectivity index is 4.71. The highest BCUT2D eigenvalue weighted by Gasteiger charge is 2.26. The zero-order valence-electron chi connectivity index (χ0n) is 10.6. The third-order valence-electron chi connectivity index (χ3n) is 1.88. The molecular weight excluding hydrogens is 244 g/mol. The van der Waals surface area contributed by atoms with Crippen LogP contribution in [0.25, 0.3) is 0 Å². The molecule has 0 aliphatic rings. The van der Waals surface area contributed by atoms with E-state index in [0.717, 1.165) is 25.7 Å². The summed E-state index contributed by atoms with van der Waals surface area (Å²) in [6.45, 7) is 3.16. The van der Waals surface area contributed by atoms with Crippen LogP contribution in [0.5, 0.6) is 0 Å². The molecule has 0 radical (unpaired) electrons. The predicted molar refractivity (Wildman–Crippen MR) is 57.4 cm³/mol. The van der Waals surface area contributed by atoms with Gasteiger partial charge in [0.1, 0.15) is 6.42 Å². The maximum atomic E-state index is 11.5. The molecule has 0 aliphatic carbocycles. The number of carbonyl (C=O) groups excluding carboxylic acids is 5. The van der Waals surface area contributed by atoms with Crippen LogP contribution in [-0.4, -0.2) is 46.6 Å². The first-order valence-electron chi connectivity index (χ1n) is 4.96. The summed E-state index contributed by atoms with van der Waals surface area (Å²) in [5, 5.41) is 0.189. The number of hydrogen-bond donors (Lipinski definition) is 0. The second kappa shape index (κ2) is 6.48. The summed E-state index contributed by atoms with van der Waals surface area (Å²) in [6, 6.07) is 0. The van der Waals surface area contributed by atoms with Gasteiger partial charge in [0.25, 0.3) is 11.8 Å². The Kier molecular flexibility index (Phi) is 5.67. The van der Waals surface area contributed by atoms with Crippen LogP contribution in [0.15, 0.2) is 0 Å². The van der Waals surface area contributed by atoms with Crippen molar-refractivity contribution in [2.75, 3.05) is 7.05 Å². The summed E-state index contributed by atoms with van der Waals surface area (Å²) >= 11 is 0. The Hall–Kier alpha value is -2.25. The molecule has 0 fully saturated rings. The molecule has 0 aromatic carbocycles. The number of nitrogens with zero attached hydrogens (tertiary/aromatic N) is 2. The van der Waals surface area contributed by atoms with Gasteiger partial charge in [0.15, 0.2) is 0 Å². The average molecular weight is 258 g/mol. The lowest BCUT2D eigenvalue weighted by Gasteiger charge is -2.18. The lowest BCUT2D eigenvalue weighted by molar-refractivity contribution is -0.200. The van der Waals surface area contributed by atoms with Gasteiger partial charge in [-0.15, -0.1) is 5.06 Å². The van der Waals surface area contributed by atoms with E-state index < -0.39 is 36.0 Å². The molecular formula is C10H14N2O6. The van der Waals surface area contributed by atoms with Crippen molar-refractivity contribution in [2.45, 2.75) is 27.2 Å². The normalized spacial score (nSPS) is 9.33. The lowest BCUT2D eigenvalue weighted by atomic mass is 10.3. The SMILES string of the molecule is CC(=O)ON(C(C)=O)C(=O)CC(=O)N(C)C(C)=O. The van der Waals surface area contributed by atoms with Gasteiger partial charge < -0.3 is 4.84 Å². The summed E-state index contributed by atoms with van der Waals surface area (Å²) in [6.07, 6.45) is -0.747. The van der Waals surface area contributed by atoms with E-state index in [4.69, 9.17) is 0 Å². The molecule has 0 spiro atoms. The molecule has 0 bridgehead atoms. The molecule has 0 atom stereocenters. The maximum absolute atomic E-state index is 11.5. The smallest absolute Gasteiger partial charge is 0.330 e. The van der Waals surface area contributed by atoms with E-state index >= 15 is 0 Å². The minimum absolute atomic E-state index is 0.189. The van der Waals surface area contributed by atoms with E-state index in [9.17, 15) is 24.0 Å². The average Bonchev–Trinajstić information content (AvgIpc) is 2.23. The van der Waals surface area contributed by atoms with Crippen LogP contribution in [0.1, 0.15) is 27.2 Å². The zero-order valence-corrected chi connectivity index (χ0v) is 10.6. The van der Waals surface area contributed by atoms with Crippen molar-refractivity contribution in [3.05, 3.63) is 0 Å². The fourth-order valence-electron chi connectivity index (χ4n) is 0.915. The second-order valence-corrected chi connectivity index (χ2v) is 3.44. The molecule has 8 heteroatoms. The van der Waals surface area contributed by atoms with Gasteiger partial charge in [-0.2, -0.15) is 0 Å². The summed E-state index contributed by atoms with van der Waals surface area (Å²) in [5.74, 6) is -4.07. The van der Waals surface area contributed by atoms with Crippen molar-refractivity contribution in [3.63, 3.8) is 0 Å². The molecule has 0 unspecified atom stereocenters. The molecule has 0 saturated carbocycles. The van der Waals surface area contributed by atoms with Gasteiger partial charge in [-0.3, -0.25) is 24.1 Å². The first kappa shape index (κ1) is 15.8. The Morgan fingerprint density at radius 1 is 0.889 bits per heavy atom. The predicted octanol–water partition coefficient (Wildman–Crippen LogP) is -0.765. The Labute approximate surface area is 103 Å². The van der Waals surface area contributed by atoms with Crippen LogP contribution in [-0.2, 0) is 28.8 Å². The number of hydroxylamine groups is 2. The van der Waals surface area contributed by atoms with Crippen molar-refractivity contribution in [1.29, 1.82) is 0 Å². The fourth-order valence-corrected chi connectivity index (χ4v) is 0.915. The monoisotopic (exact) mass is 258 g/mol. The van der Waals surface area contributed by atoms with Gasteiger partial charge in [-0.1, -0.05) is 0 Å². The molecule has 0 aliphatic heterocycles. The van der Waals surface area contributed by atoms with E-state index in [0.29, 0.717) is 0 Å². The number of amides is 4. The van der Waals surface area contributed by atoms with Crippen LogP contribution in [0.4, 0.5) is 0 Å². The number of carbonyl (C=O) groups is 5. The first-order chi connectivity index (χ1) is 8.16. The van der Waals surface area contributed by atoms with E-state index in [1.54, 1.807) is 0 Å². The highest BCUT2D eigenvalue weighted by atomic mass is 16.7. The van der Waals surface area contributed by atoms with Crippen molar-refractivity contribution >= 4 is 29.6 Å². The van der Waals surface area contributed by atoms with Gasteiger partial charge in [0.2, 0.25) is 11.8 Å². The Bertz CT molecular complexity index is 403. The Morgan fingerprint density at radius 3 is 1.72 bits per heavy atom. The van der Waals surface area contributed by atoms with Crippen molar-refractivity contribution in [3.8, 4) is 0 Å². The highest BCUT2D eigenvalue weighted by Crippen LogP contribution is 2.01. The molecule has 0 aromatic heterocycles. The topological polar surface area (TPSA) is 101 Å². The summed E-state index contributed by atoms with van der Waals surface area (Å²) < 4.78 is 0. The van der Waals surface area contributed by atoms with Crippen LogP contribution in [0, 0.1) is 0 Å². The van der Waals surface area contributed by atoms with Crippen LogP contribution < -0.4 is 0 Å². The van der Waals surface area contributed by atoms with Crippen molar-refractivity contribution < 1.29 is 28.8 Å². The molecule has 4 amide bonds. The maximum Gasteiger partial charge on any atom is 0.330 e. The first-order valence-corrected chi connectivity index (χ1v) is 4.96. The third-order valence-corrected chi connectivity index (χ3v) is 1.88. The van der Waals surface area contributed by atoms with Crippen LogP contribution in [0.3, 0.4) is 0 Å². The van der Waals surface area contributed by atoms with E-state index in [1.165, 1.54) is 7.05 Å². The number of hydrogen-bond acceptors (Lipinski definition) is 6. The minimum Gasteiger partial charge on any atom is -0.331 e. The molecule has 18 heavy (non-hydrogen) atoms. The van der Waals surface area contributed by atoms with Gasteiger partial charge in [-0.25, -0.2) is 4.79 Å². The lowest BCUT2D eigenvalue weighted by Crippen LogP contribution is -2.41. The van der Waals surface area contributed by atoms with E-state index in [1.807, 2.05) is 0 Å². The second-order valence-electron chi connectivity index (χ2n) is 3.44. The third kappa shape index (κ3) is 4.73. The molecule has 0 rings (SSSR count). The Morgan fingerprint density at radius 2 is 1.39 bits per heavy atom. The molecule has 8 nitrogen and oxygen atoms in total. The van der Waals surface area contributed by atoms with Crippen molar-refractivity contribution in [2.24, 2.45) is 0 Å². The largest absolute Gasteiger partial charge is 0.331 e. The van der Waals surface area contributed by atoms with Crippen LogP contribution >= 0.6 is 0 Å². The quantitative estimate of drug-likeness (QED) is 0.476. The van der Waals surface area contributed by atoms with Gasteiger partial charge in [0.05, 0.1) is 0 Å². The van der Waals surface area contributed by atoms with E-state index in [2.05, 4.69) is 4.84 Å². The van der Waals surface area contributed by atoms with Crippen LogP contribution in [0.2, 0.25) is 0 Å². The summed E-state index contributed by atoms with van der Waals surface area (Å²) in [7, 11) is 1.20. The summed E-state index contributed by atoms with van der Waals surface area (Å²) in [5.41, 5.74) is 0. The number of rotatable bonds is 2. The van der Waals surface area contributed by atoms with E-state index in [-0.39, 0.29) is 5.06 Å². The summed E-state index contributed by atoms with van der Waals surface area (Å²) in [4.78, 5) is 60.6. The minimum atomic E-state index is -1.02. The van der Waals surface area contributed by atoms with Gasteiger partial charge in [-0.05, 0) is 0 Å². The van der Waals surface area contributed by atoms with Gasteiger partial charge >= 0.3 is 5.97 Å².